The van der Waals surface area contributed by atoms with Crippen molar-refractivity contribution in [3.63, 3.8) is 0 Å². The van der Waals surface area contributed by atoms with E-state index in [1.54, 1.807) is 17.7 Å². The average molecular weight is 293 g/mol. The van der Waals surface area contributed by atoms with Crippen LogP contribution in [0.25, 0.3) is 5.69 Å². The molecule has 0 fully saturated rings. The molecule has 0 N–H and O–H groups in total. The Kier molecular flexibility index (Phi) is 2.79. The molecule has 0 saturated heterocycles. The molecule has 2 aromatic heterocycles. The maximum absolute atomic E-state index is 11.2. The molecule has 1 aliphatic rings. The van der Waals surface area contributed by atoms with Crippen molar-refractivity contribution in [2.45, 2.75) is 6.54 Å². The highest BCUT2D eigenvalue weighted by Crippen LogP contribution is 2.27. The minimum Gasteiger partial charge on any atom is -0.300 e. The lowest BCUT2D eigenvalue weighted by Crippen LogP contribution is -2.05. The van der Waals surface area contributed by atoms with Crippen molar-refractivity contribution in [2.24, 2.45) is 4.99 Å². The first-order valence-electron chi connectivity index (χ1n) is 6.58. The predicted molar refractivity (Wildman–Crippen MR) is 82.6 cm³/mol. The molecule has 0 saturated carbocycles. The van der Waals surface area contributed by atoms with Crippen molar-refractivity contribution in [3.05, 3.63) is 69.9 Å². The molecule has 0 bridgehead atoms. The SMILES string of the molecule is O=Cc1ncn2c1CN=C(c1cccs1)c1ccccc1-2. The van der Waals surface area contributed by atoms with Crippen molar-refractivity contribution >= 4 is 23.3 Å². The standard InChI is InChI=1S/C16H11N3OS/c20-9-12-14-8-17-16(15-6-3-7-21-15)11-4-1-2-5-13(11)19(14)10-18-12/h1-7,9-10H,8H2. The fourth-order valence-corrected chi connectivity index (χ4v) is 3.34. The molecule has 5 heteroatoms. The van der Waals surface area contributed by atoms with Crippen LogP contribution in [0.5, 0.6) is 0 Å². The van der Waals surface area contributed by atoms with Crippen LogP contribution in [0, 0.1) is 0 Å². The van der Waals surface area contributed by atoms with Gasteiger partial charge in [0.15, 0.2) is 6.29 Å². The number of imidazole rings is 1. The Morgan fingerprint density at radius 1 is 1.19 bits per heavy atom. The molecule has 0 aliphatic carbocycles. The van der Waals surface area contributed by atoms with Crippen LogP contribution >= 0.6 is 11.3 Å². The molecule has 0 atom stereocenters. The number of aldehydes is 1. The van der Waals surface area contributed by atoms with E-state index in [1.165, 1.54) is 0 Å². The van der Waals surface area contributed by atoms with Gasteiger partial charge in [-0.25, -0.2) is 4.98 Å². The normalized spacial score (nSPS) is 13.0. The number of nitrogens with zero attached hydrogens (tertiary/aromatic N) is 3. The van der Waals surface area contributed by atoms with Crippen LogP contribution < -0.4 is 0 Å². The molecule has 3 heterocycles. The van der Waals surface area contributed by atoms with E-state index >= 15 is 0 Å². The maximum atomic E-state index is 11.2. The third-order valence-corrected chi connectivity index (χ3v) is 4.45. The maximum Gasteiger partial charge on any atom is 0.170 e. The molecule has 4 rings (SSSR count). The number of rotatable bonds is 2. The number of fused-ring (bicyclic) bond motifs is 3. The summed E-state index contributed by atoms with van der Waals surface area (Å²) >= 11 is 1.67. The lowest BCUT2D eigenvalue weighted by Gasteiger charge is -2.09. The molecular formula is C16H11N3OS. The topological polar surface area (TPSA) is 47.2 Å². The zero-order valence-corrected chi connectivity index (χ0v) is 11.9. The predicted octanol–water partition coefficient (Wildman–Crippen LogP) is 3.10. The van der Waals surface area contributed by atoms with Crippen molar-refractivity contribution in [1.29, 1.82) is 0 Å². The van der Waals surface area contributed by atoms with Gasteiger partial charge in [-0.15, -0.1) is 11.3 Å². The van der Waals surface area contributed by atoms with Crippen LogP contribution in [-0.2, 0) is 6.54 Å². The Morgan fingerprint density at radius 3 is 2.90 bits per heavy atom. The first-order chi connectivity index (χ1) is 10.4. The van der Waals surface area contributed by atoms with Gasteiger partial charge in [0, 0.05) is 5.56 Å². The third-order valence-electron chi connectivity index (χ3n) is 3.57. The number of thiophene rings is 1. The van der Waals surface area contributed by atoms with E-state index < -0.39 is 0 Å². The fourth-order valence-electron chi connectivity index (χ4n) is 2.60. The van der Waals surface area contributed by atoms with E-state index in [1.807, 2.05) is 34.2 Å². The highest BCUT2D eigenvalue weighted by atomic mass is 32.1. The number of carbonyl (C=O) groups excluding carboxylic acids is 1. The van der Waals surface area contributed by atoms with E-state index in [0.29, 0.717) is 12.2 Å². The molecule has 1 aliphatic heterocycles. The van der Waals surface area contributed by atoms with Crippen LogP contribution in [0.1, 0.15) is 26.6 Å². The first kappa shape index (κ1) is 12.2. The average Bonchev–Trinajstić information content (AvgIpc) is 3.15. The first-order valence-corrected chi connectivity index (χ1v) is 7.46. The molecule has 102 valence electrons. The summed E-state index contributed by atoms with van der Waals surface area (Å²) in [5.41, 5.74) is 4.34. The molecule has 0 spiro atoms. The summed E-state index contributed by atoms with van der Waals surface area (Å²) in [6.07, 6.45) is 2.49. The zero-order chi connectivity index (χ0) is 14.2. The van der Waals surface area contributed by atoms with Gasteiger partial charge in [-0.2, -0.15) is 0 Å². The second kappa shape index (κ2) is 4.79. The van der Waals surface area contributed by atoms with E-state index in [0.717, 1.165) is 33.8 Å². The van der Waals surface area contributed by atoms with Crippen LogP contribution in [0.4, 0.5) is 0 Å². The quantitative estimate of drug-likeness (QED) is 0.682. The smallest absolute Gasteiger partial charge is 0.170 e. The Hall–Kier alpha value is -2.53. The van der Waals surface area contributed by atoms with E-state index in [2.05, 4.69) is 17.1 Å². The number of carbonyl (C=O) groups is 1. The van der Waals surface area contributed by atoms with Crippen molar-refractivity contribution < 1.29 is 4.79 Å². The van der Waals surface area contributed by atoms with Crippen molar-refractivity contribution in [1.82, 2.24) is 9.55 Å². The van der Waals surface area contributed by atoms with Gasteiger partial charge in [0.25, 0.3) is 0 Å². The lowest BCUT2D eigenvalue weighted by atomic mass is 10.1. The number of benzene rings is 1. The Bertz CT molecular complexity index is 846. The van der Waals surface area contributed by atoms with Gasteiger partial charge < -0.3 is 0 Å². The second-order valence-corrected chi connectivity index (χ2v) is 5.67. The van der Waals surface area contributed by atoms with Gasteiger partial charge in [-0.3, -0.25) is 14.4 Å². The largest absolute Gasteiger partial charge is 0.300 e. The second-order valence-electron chi connectivity index (χ2n) is 4.72. The highest BCUT2D eigenvalue weighted by Gasteiger charge is 2.21. The molecular weight excluding hydrogens is 282 g/mol. The van der Waals surface area contributed by atoms with Gasteiger partial charge in [-0.1, -0.05) is 24.3 Å². The molecule has 1 aromatic carbocycles. The third kappa shape index (κ3) is 1.86. The molecule has 21 heavy (non-hydrogen) atoms. The van der Waals surface area contributed by atoms with E-state index in [4.69, 9.17) is 4.99 Å². The summed E-state index contributed by atoms with van der Waals surface area (Å²) in [6.45, 7) is 0.454. The van der Waals surface area contributed by atoms with Crippen LogP contribution in [-0.4, -0.2) is 21.5 Å². The Morgan fingerprint density at radius 2 is 2.10 bits per heavy atom. The molecule has 3 aromatic rings. The number of hydrogen-bond donors (Lipinski definition) is 0. The summed E-state index contributed by atoms with van der Waals surface area (Å²) in [7, 11) is 0. The zero-order valence-electron chi connectivity index (χ0n) is 11.1. The molecule has 0 amide bonds. The summed E-state index contributed by atoms with van der Waals surface area (Å²) in [5.74, 6) is 0. The van der Waals surface area contributed by atoms with Gasteiger partial charge in [-0.05, 0) is 17.5 Å². The van der Waals surface area contributed by atoms with E-state index in [-0.39, 0.29) is 0 Å². The minimum absolute atomic E-state index is 0.454. The molecule has 0 radical (unpaired) electrons. The monoisotopic (exact) mass is 293 g/mol. The number of aliphatic imine (C=N–C) groups is 1. The number of hydrogen-bond acceptors (Lipinski definition) is 4. The van der Waals surface area contributed by atoms with Crippen molar-refractivity contribution in [2.75, 3.05) is 0 Å². The van der Waals surface area contributed by atoms with Gasteiger partial charge in [0.05, 0.1) is 28.5 Å². The Labute approximate surface area is 125 Å². The van der Waals surface area contributed by atoms with Crippen LogP contribution in [0.15, 0.2) is 53.1 Å². The number of para-hydroxylation sites is 1. The van der Waals surface area contributed by atoms with Crippen LogP contribution in [0.2, 0.25) is 0 Å². The molecule has 0 unspecified atom stereocenters. The summed E-state index contributed by atoms with van der Waals surface area (Å²) in [6, 6.07) is 12.2. The lowest BCUT2D eigenvalue weighted by molar-refractivity contribution is 0.111. The summed E-state index contributed by atoms with van der Waals surface area (Å²) in [5, 5.41) is 2.05. The van der Waals surface area contributed by atoms with Gasteiger partial charge >= 0.3 is 0 Å². The summed E-state index contributed by atoms with van der Waals surface area (Å²) < 4.78 is 1.96. The Balaban J connectivity index is 2.00. The minimum atomic E-state index is 0.454. The highest BCUT2D eigenvalue weighted by molar-refractivity contribution is 7.12. The van der Waals surface area contributed by atoms with Crippen LogP contribution in [0.3, 0.4) is 0 Å². The fraction of sp³-hybridized carbons (Fsp3) is 0.0625. The van der Waals surface area contributed by atoms with E-state index in [9.17, 15) is 4.79 Å². The number of aromatic nitrogens is 2. The van der Waals surface area contributed by atoms with Gasteiger partial charge in [0.2, 0.25) is 0 Å². The van der Waals surface area contributed by atoms with Crippen molar-refractivity contribution in [3.8, 4) is 5.69 Å². The molecule has 4 nitrogen and oxygen atoms in total. The summed E-state index contributed by atoms with van der Waals surface area (Å²) in [4.78, 5) is 21.2. The van der Waals surface area contributed by atoms with Gasteiger partial charge in [0.1, 0.15) is 12.0 Å².